The van der Waals surface area contributed by atoms with E-state index in [4.69, 9.17) is 5.73 Å². The molecule has 4 aromatic rings. The van der Waals surface area contributed by atoms with Crippen LogP contribution in [0.25, 0.3) is 33.6 Å². The van der Waals surface area contributed by atoms with Crippen LogP contribution in [-0.4, -0.2) is 37.7 Å². The minimum Gasteiger partial charge on any atom is -0.478 e. The van der Waals surface area contributed by atoms with Gasteiger partial charge in [-0.15, -0.1) is 5.10 Å². The molecule has 9 nitrogen and oxygen atoms in total. The highest BCUT2D eigenvalue weighted by atomic mass is 19.4. The number of tetrazole rings is 1. The number of amides is 2. The number of carboxylic acids is 1. The van der Waals surface area contributed by atoms with Crippen molar-refractivity contribution in [3.8, 4) is 33.6 Å². The molecule has 0 bridgehead atoms. The van der Waals surface area contributed by atoms with Crippen LogP contribution < -0.4 is 11.1 Å². The normalized spacial score (nSPS) is 11.3. The van der Waals surface area contributed by atoms with Gasteiger partial charge in [0.1, 0.15) is 0 Å². The topological polar surface area (TPSA) is 147 Å². The lowest BCUT2D eigenvalue weighted by Gasteiger charge is -2.19. The number of benzene rings is 3. The first kappa shape index (κ1) is 22.5. The number of carbonyl (C=O) groups is 2. The molecule has 0 atom stereocenters. The number of hydrogen-bond acceptors (Lipinski definition) is 5. The Morgan fingerprint density at radius 3 is 2.29 bits per heavy atom. The van der Waals surface area contributed by atoms with Crippen molar-refractivity contribution >= 4 is 17.7 Å². The summed E-state index contributed by atoms with van der Waals surface area (Å²) < 4.78 is 40.5. The molecule has 0 unspecified atom stereocenters. The standard InChI is InChI=1S/C22H15F3N6O3/c23-22(24,25)14-3-1-2-13(10-14)17-15(11-4-6-12(7-5-11)20(32)33)8-9-16(27-21(26)34)18(17)19-28-30-31-29-19/h1-10H,(H,32,33)(H3,26,27,34)(H,28,29,30,31). The Bertz CT molecular complexity index is 1370. The fourth-order valence-electron chi connectivity index (χ4n) is 3.53. The van der Waals surface area contributed by atoms with Gasteiger partial charge in [0, 0.05) is 5.56 Å². The largest absolute Gasteiger partial charge is 0.478 e. The van der Waals surface area contributed by atoms with Crippen LogP contribution in [0.5, 0.6) is 0 Å². The van der Waals surface area contributed by atoms with Crippen LogP contribution in [0.1, 0.15) is 15.9 Å². The van der Waals surface area contributed by atoms with Crippen LogP contribution in [0.15, 0.2) is 60.7 Å². The van der Waals surface area contributed by atoms with Crippen molar-refractivity contribution in [2.45, 2.75) is 6.18 Å². The van der Waals surface area contributed by atoms with E-state index in [1.165, 1.54) is 42.5 Å². The number of urea groups is 1. The van der Waals surface area contributed by atoms with Crippen LogP contribution in [0, 0.1) is 0 Å². The summed E-state index contributed by atoms with van der Waals surface area (Å²) >= 11 is 0. The summed E-state index contributed by atoms with van der Waals surface area (Å²) in [6.45, 7) is 0. The van der Waals surface area contributed by atoms with Crippen LogP contribution >= 0.6 is 0 Å². The van der Waals surface area contributed by atoms with Gasteiger partial charge in [-0.25, -0.2) is 14.7 Å². The van der Waals surface area contributed by atoms with E-state index in [0.29, 0.717) is 11.1 Å². The number of alkyl halides is 3. The maximum atomic E-state index is 13.5. The molecule has 5 N–H and O–H groups in total. The lowest BCUT2D eigenvalue weighted by molar-refractivity contribution is -0.137. The molecule has 2 amide bonds. The minimum atomic E-state index is -4.60. The molecule has 1 heterocycles. The highest BCUT2D eigenvalue weighted by Gasteiger charge is 2.31. The van der Waals surface area contributed by atoms with Crippen molar-refractivity contribution in [2.75, 3.05) is 5.32 Å². The van der Waals surface area contributed by atoms with E-state index >= 15 is 0 Å². The molecule has 1 aromatic heterocycles. The number of nitrogens with zero attached hydrogens (tertiary/aromatic N) is 3. The summed E-state index contributed by atoms with van der Waals surface area (Å²) in [6, 6.07) is 12.6. The number of aromatic amines is 1. The van der Waals surface area contributed by atoms with Crippen LogP contribution in [-0.2, 0) is 6.18 Å². The number of carbonyl (C=O) groups excluding carboxylic acids is 1. The van der Waals surface area contributed by atoms with E-state index in [2.05, 4.69) is 25.9 Å². The van der Waals surface area contributed by atoms with Gasteiger partial charge in [0.15, 0.2) is 5.82 Å². The zero-order valence-electron chi connectivity index (χ0n) is 17.1. The van der Waals surface area contributed by atoms with Crippen molar-refractivity contribution in [3.05, 3.63) is 71.8 Å². The first-order chi connectivity index (χ1) is 16.1. The molecule has 0 aliphatic carbocycles. The van der Waals surface area contributed by atoms with Crippen molar-refractivity contribution in [1.82, 2.24) is 20.6 Å². The van der Waals surface area contributed by atoms with Gasteiger partial charge in [0.25, 0.3) is 0 Å². The number of H-pyrrole nitrogens is 1. The van der Waals surface area contributed by atoms with Gasteiger partial charge in [-0.05, 0) is 57.4 Å². The summed E-state index contributed by atoms with van der Waals surface area (Å²) in [6.07, 6.45) is -4.60. The van der Waals surface area contributed by atoms with Gasteiger partial charge in [-0.1, -0.05) is 30.3 Å². The fraction of sp³-hybridized carbons (Fsp3) is 0.0455. The van der Waals surface area contributed by atoms with E-state index in [0.717, 1.165) is 12.1 Å². The summed E-state index contributed by atoms with van der Waals surface area (Å²) in [5, 5.41) is 25.1. The lowest BCUT2D eigenvalue weighted by atomic mass is 9.88. The monoisotopic (exact) mass is 468 g/mol. The van der Waals surface area contributed by atoms with Crippen LogP contribution in [0.2, 0.25) is 0 Å². The second kappa shape index (κ2) is 8.65. The number of hydrogen-bond donors (Lipinski definition) is 4. The van der Waals surface area contributed by atoms with Crippen molar-refractivity contribution < 1.29 is 27.9 Å². The molecule has 0 aliphatic rings. The predicted octanol–water partition coefficient (Wildman–Crippen LogP) is 4.41. The SMILES string of the molecule is NC(=O)Nc1ccc(-c2ccc(C(=O)O)cc2)c(-c2cccc(C(F)(F)F)c2)c1-c1nnn[nH]1. The highest BCUT2D eigenvalue weighted by Crippen LogP contribution is 2.44. The van der Waals surface area contributed by atoms with Crippen LogP contribution in [0.3, 0.4) is 0 Å². The molecule has 0 aliphatic heterocycles. The number of rotatable bonds is 5. The molecule has 172 valence electrons. The fourth-order valence-corrected chi connectivity index (χ4v) is 3.53. The molecule has 4 rings (SSSR count). The molecule has 0 fully saturated rings. The molecule has 0 saturated heterocycles. The third kappa shape index (κ3) is 4.41. The molecule has 12 heteroatoms. The molecule has 0 radical (unpaired) electrons. The number of halogens is 3. The summed E-state index contributed by atoms with van der Waals surface area (Å²) in [5.41, 5.74) is 6.18. The Balaban J connectivity index is 2.06. The molecule has 0 spiro atoms. The van der Waals surface area contributed by atoms with E-state index in [9.17, 15) is 27.9 Å². The van der Waals surface area contributed by atoms with Gasteiger partial charge in [0.2, 0.25) is 0 Å². The Hall–Kier alpha value is -4.74. The first-order valence-electron chi connectivity index (χ1n) is 9.64. The van der Waals surface area contributed by atoms with Crippen LogP contribution in [0.4, 0.5) is 23.7 Å². The zero-order chi connectivity index (χ0) is 24.5. The molecule has 34 heavy (non-hydrogen) atoms. The average molecular weight is 468 g/mol. The molecule has 3 aromatic carbocycles. The average Bonchev–Trinajstić information content (AvgIpc) is 3.32. The van der Waals surface area contributed by atoms with Gasteiger partial charge in [-0.3, -0.25) is 0 Å². The predicted molar refractivity (Wildman–Crippen MR) is 116 cm³/mol. The van der Waals surface area contributed by atoms with Gasteiger partial charge in [0.05, 0.1) is 22.4 Å². The second-order valence-corrected chi connectivity index (χ2v) is 7.11. The molecular weight excluding hydrogens is 453 g/mol. The van der Waals surface area contributed by atoms with E-state index in [1.807, 2.05) is 0 Å². The maximum Gasteiger partial charge on any atom is 0.416 e. The summed E-state index contributed by atoms with van der Waals surface area (Å²) in [4.78, 5) is 22.9. The summed E-state index contributed by atoms with van der Waals surface area (Å²) in [7, 11) is 0. The lowest BCUT2D eigenvalue weighted by Crippen LogP contribution is -2.20. The van der Waals surface area contributed by atoms with E-state index in [-0.39, 0.29) is 33.8 Å². The van der Waals surface area contributed by atoms with Crippen molar-refractivity contribution in [3.63, 3.8) is 0 Å². The quantitative estimate of drug-likeness (QED) is 0.341. The van der Waals surface area contributed by atoms with Gasteiger partial charge in [-0.2, -0.15) is 13.2 Å². The third-order valence-corrected chi connectivity index (χ3v) is 4.97. The number of aromatic carboxylic acids is 1. The Labute approximate surface area is 189 Å². The molecular formula is C22H15F3N6O3. The first-order valence-corrected chi connectivity index (χ1v) is 9.64. The number of nitrogens with two attached hydrogens (primary N) is 1. The van der Waals surface area contributed by atoms with E-state index in [1.54, 1.807) is 6.07 Å². The van der Waals surface area contributed by atoms with Gasteiger partial charge >= 0.3 is 18.2 Å². The number of primary amides is 1. The van der Waals surface area contributed by atoms with Crippen molar-refractivity contribution in [1.29, 1.82) is 0 Å². The smallest absolute Gasteiger partial charge is 0.416 e. The second-order valence-electron chi connectivity index (χ2n) is 7.11. The van der Waals surface area contributed by atoms with Crippen molar-refractivity contribution in [2.24, 2.45) is 5.73 Å². The zero-order valence-corrected chi connectivity index (χ0v) is 17.1. The van der Waals surface area contributed by atoms with Gasteiger partial charge < -0.3 is 16.2 Å². The number of nitrogens with one attached hydrogen (secondary N) is 2. The number of anilines is 1. The number of carboxylic acid groups (broad SMARTS) is 1. The highest BCUT2D eigenvalue weighted by molar-refractivity contribution is 6.03. The molecule has 0 saturated carbocycles. The Kier molecular flexibility index (Phi) is 5.72. The maximum absolute atomic E-state index is 13.5. The minimum absolute atomic E-state index is 0.0380. The Morgan fingerprint density at radius 1 is 0.971 bits per heavy atom. The van der Waals surface area contributed by atoms with E-state index < -0.39 is 23.7 Å². The third-order valence-electron chi connectivity index (χ3n) is 4.97. The number of aromatic nitrogens is 4. The Morgan fingerprint density at radius 2 is 1.71 bits per heavy atom. The summed E-state index contributed by atoms with van der Waals surface area (Å²) in [5.74, 6) is -1.06.